The highest BCUT2D eigenvalue weighted by molar-refractivity contribution is 9.10. The average molecular weight is 325 g/mol. The van der Waals surface area contributed by atoms with Crippen LogP contribution < -0.4 is 10.6 Å². The maximum atomic E-state index is 7.44. The average Bonchev–Trinajstić information content (AvgIpc) is 2.88. The van der Waals surface area contributed by atoms with Crippen LogP contribution in [0.4, 0.5) is 5.69 Å². The van der Waals surface area contributed by atoms with E-state index >= 15 is 0 Å². The predicted molar refractivity (Wildman–Crippen MR) is 84.1 cm³/mol. The molecule has 3 N–H and O–H groups in total. The standard InChI is InChI=1S/C14H21BrN4/c1-18(8-9-19-6-2-3-7-19)13-5-4-11(14(16)17)10-12(13)15/h4-5,10H,2-3,6-9H2,1H3,(H3,16,17). The Morgan fingerprint density at radius 2 is 2.11 bits per heavy atom. The number of hydrogen-bond donors (Lipinski definition) is 2. The van der Waals surface area contributed by atoms with Gasteiger partial charge in [-0.05, 0) is 60.1 Å². The molecule has 0 radical (unpaired) electrons. The van der Waals surface area contributed by atoms with Gasteiger partial charge in [0.05, 0.1) is 5.69 Å². The van der Waals surface area contributed by atoms with Crippen molar-refractivity contribution in [2.75, 3.05) is 38.1 Å². The van der Waals surface area contributed by atoms with Crippen LogP contribution in [0.1, 0.15) is 18.4 Å². The first-order chi connectivity index (χ1) is 9.08. The Hall–Kier alpha value is -1.07. The van der Waals surface area contributed by atoms with Crippen LogP contribution in [0, 0.1) is 5.41 Å². The molecule has 2 rings (SSSR count). The molecule has 0 spiro atoms. The number of nitrogens with two attached hydrogens (primary N) is 1. The van der Waals surface area contributed by atoms with Gasteiger partial charge in [-0.1, -0.05) is 0 Å². The van der Waals surface area contributed by atoms with Gasteiger partial charge in [-0.25, -0.2) is 0 Å². The maximum Gasteiger partial charge on any atom is 0.122 e. The maximum absolute atomic E-state index is 7.44. The molecule has 0 unspecified atom stereocenters. The number of amidine groups is 1. The van der Waals surface area contributed by atoms with Crippen molar-refractivity contribution >= 4 is 27.5 Å². The summed E-state index contributed by atoms with van der Waals surface area (Å²) < 4.78 is 0.990. The molecule has 1 aromatic carbocycles. The van der Waals surface area contributed by atoms with Gasteiger partial charge < -0.3 is 15.5 Å². The van der Waals surface area contributed by atoms with Crippen LogP contribution in [-0.4, -0.2) is 44.0 Å². The highest BCUT2D eigenvalue weighted by Gasteiger charge is 2.13. The zero-order valence-corrected chi connectivity index (χ0v) is 12.9. The molecule has 4 nitrogen and oxygen atoms in total. The lowest BCUT2D eigenvalue weighted by Gasteiger charge is -2.24. The molecule has 104 valence electrons. The first-order valence-corrected chi connectivity index (χ1v) is 7.44. The molecule has 5 heteroatoms. The summed E-state index contributed by atoms with van der Waals surface area (Å²) in [7, 11) is 2.10. The van der Waals surface area contributed by atoms with E-state index in [0.717, 1.165) is 28.8 Å². The Morgan fingerprint density at radius 1 is 1.42 bits per heavy atom. The van der Waals surface area contributed by atoms with Crippen LogP contribution >= 0.6 is 15.9 Å². The summed E-state index contributed by atoms with van der Waals surface area (Å²) in [4.78, 5) is 4.75. The SMILES string of the molecule is CN(CCN1CCCC1)c1ccc(C(=N)N)cc1Br. The van der Waals surface area contributed by atoms with Gasteiger partial charge in [0, 0.05) is 30.2 Å². The third-order valence-corrected chi connectivity index (χ3v) is 4.26. The van der Waals surface area contributed by atoms with E-state index in [1.807, 2.05) is 18.2 Å². The second-order valence-electron chi connectivity index (χ2n) is 5.05. The molecule has 0 atom stereocenters. The molecule has 0 aliphatic carbocycles. The van der Waals surface area contributed by atoms with Crippen LogP contribution in [0.3, 0.4) is 0 Å². The molecule has 1 heterocycles. The number of nitrogen functional groups attached to an aromatic ring is 1. The van der Waals surface area contributed by atoms with Crippen molar-refractivity contribution in [2.24, 2.45) is 5.73 Å². The molecular weight excluding hydrogens is 304 g/mol. The second-order valence-corrected chi connectivity index (χ2v) is 5.90. The van der Waals surface area contributed by atoms with Crippen LogP contribution in [0.15, 0.2) is 22.7 Å². The highest BCUT2D eigenvalue weighted by Crippen LogP contribution is 2.26. The normalized spacial score (nSPS) is 15.7. The van der Waals surface area contributed by atoms with Crippen molar-refractivity contribution in [1.29, 1.82) is 5.41 Å². The molecule has 1 aliphatic heterocycles. The van der Waals surface area contributed by atoms with Crippen molar-refractivity contribution in [2.45, 2.75) is 12.8 Å². The Labute approximate surface area is 123 Å². The largest absolute Gasteiger partial charge is 0.384 e. The van der Waals surface area contributed by atoms with Gasteiger partial charge in [0.25, 0.3) is 0 Å². The van der Waals surface area contributed by atoms with E-state index in [4.69, 9.17) is 11.1 Å². The number of halogens is 1. The molecule has 0 bridgehead atoms. The fourth-order valence-corrected chi connectivity index (χ4v) is 3.08. The van der Waals surface area contributed by atoms with E-state index in [9.17, 15) is 0 Å². The molecule has 19 heavy (non-hydrogen) atoms. The number of likely N-dealkylation sites (N-methyl/N-ethyl adjacent to an activating group) is 1. The topological polar surface area (TPSA) is 56.4 Å². The van der Waals surface area contributed by atoms with Crippen molar-refractivity contribution in [3.63, 3.8) is 0 Å². The molecule has 1 fully saturated rings. The number of nitrogens with zero attached hydrogens (tertiary/aromatic N) is 2. The van der Waals surface area contributed by atoms with Crippen molar-refractivity contribution in [1.82, 2.24) is 4.90 Å². The monoisotopic (exact) mass is 324 g/mol. The molecule has 1 saturated heterocycles. The van der Waals surface area contributed by atoms with Crippen LogP contribution in [0.2, 0.25) is 0 Å². The number of hydrogen-bond acceptors (Lipinski definition) is 3. The van der Waals surface area contributed by atoms with E-state index in [1.165, 1.54) is 25.9 Å². The number of benzene rings is 1. The van der Waals surface area contributed by atoms with Crippen LogP contribution in [-0.2, 0) is 0 Å². The fourth-order valence-electron chi connectivity index (χ4n) is 2.40. The van der Waals surface area contributed by atoms with Gasteiger partial charge in [0.15, 0.2) is 0 Å². The molecule has 1 aliphatic rings. The zero-order chi connectivity index (χ0) is 13.8. The third-order valence-electron chi connectivity index (χ3n) is 3.62. The van der Waals surface area contributed by atoms with E-state index < -0.39 is 0 Å². The fraction of sp³-hybridized carbons (Fsp3) is 0.500. The van der Waals surface area contributed by atoms with Gasteiger partial charge in [0.1, 0.15) is 5.84 Å². The lowest BCUT2D eigenvalue weighted by Crippen LogP contribution is -2.31. The van der Waals surface area contributed by atoms with Crippen LogP contribution in [0.5, 0.6) is 0 Å². The Morgan fingerprint density at radius 3 is 2.68 bits per heavy atom. The summed E-state index contributed by atoms with van der Waals surface area (Å²) in [5.74, 6) is 0.104. The summed E-state index contributed by atoms with van der Waals surface area (Å²) in [6, 6.07) is 5.82. The summed E-state index contributed by atoms with van der Waals surface area (Å²) >= 11 is 3.56. The lowest BCUT2D eigenvalue weighted by molar-refractivity contribution is 0.346. The summed E-state index contributed by atoms with van der Waals surface area (Å²) in [5, 5.41) is 7.44. The Bertz CT molecular complexity index is 455. The van der Waals surface area contributed by atoms with Gasteiger partial charge >= 0.3 is 0 Å². The van der Waals surface area contributed by atoms with E-state index in [2.05, 4.69) is 32.8 Å². The van der Waals surface area contributed by atoms with Crippen molar-refractivity contribution in [3.05, 3.63) is 28.2 Å². The zero-order valence-electron chi connectivity index (χ0n) is 11.3. The third kappa shape index (κ3) is 3.70. The van der Waals surface area contributed by atoms with E-state index in [1.54, 1.807) is 0 Å². The second kappa shape index (κ2) is 6.39. The smallest absolute Gasteiger partial charge is 0.122 e. The minimum Gasteiger partial charge on any atom is -0.384 e. The molecule has 0 amide bonds. The predicted octanol–water partition coefficient (Wildman–Crippen LogP) is 2.27. The van der Waals surface area contributed by atoms with E-state index in [0.29, 0.717) is 0 Å². The number of likely N-dealkylation sites (tertiary alicyclic amines) is 1. The van der Waals surface area contributed by atoms with Gasteiger partial charge in [-0.2, -0.15) is 0 Å². The first kappa shape index (κ1) is 14.3. The lowest BCUT2D eigenvalue weighted by atomic mass is 10.2. The van der Waals surface area contributed by atoms with Crippen molar-refractivity contribution in [3.8, 4) is 0 Å². The Balaban J connectivity index is 1.98. The summed E-state index contributed by atoms with van der Waals surface area (Å²) in [6.07, 6.45) is 2.67. The molecule has 0 aromatic heterocycles. The summed E-state index contributed by atoms with van der Waals surface area (Å²) in [6.45, 7) is 4.59. The number of anilines is 1. The minimum absolute atomic E-state index is 0.104. The molecular formula is C14H21BrN4. The Kier molecular flexibility index (Phi) is 4.82. The molecule has 1 aromatic rings. The van der Waals surface area contributed by atoms with Gasteiger partial charge in [-0.15, -0.1) is 0 Å². The van der Waals surface area contributed by atoms with E-state index in [-0.39, 0.29) is 5.84 Å². The minimum atomic E-state index is 0.104. The van der Waals surface area contributed by atoms with Crippen LogP contribution in [0.25, 0.3) is 0 Å². The highest BCUT2D eigenvalue weighted by atomic mass is 79.9. The number of rotatable bonds is 5. The quantitative estimate of drug-likeness (QED) is 0.645. The number of nitrogens with one attached hydrogen (secondary N) is 1. The summed E-state index contributed by atoms with van der Waals surface area (Å²) in [5.41, 5.74) is 7.39. The van der Waals surface area contributed by atoms with Crippen molar-refractivity contribution < 1.29 is 0 Å². The van der Waals surface area contributed by atoms with Gasteiger partial charge in [-0.3, -0.25) is 5.41 Å². The molecule has 0 saturated carbocycles. The van der Waals surface area contributed by atoms with Gasteiger partial charge in [0.2, 0.25) is 0 Å². The first-order valence-electron chi connectivity index (χ1n) is 6.65.